The maximum Gasteiger partial charge on any atom is 0.246 e. The molecule has 0 spiro atoms. The number of halogens is 1. The fraction of sp³-hybridized carbons (Fsp3) is 0.429. The lowest BCUT2D eigenvalue weighted by Gasteiger charge is -2.30. The molecule has 6 nitrogen and oxygen atoms in total. The van der Waals surface area contributed by atoms with E-state index >= 15 is 0 Å². The molecule has 1 aromatic heterocycles. The Balaban J connectivity index is 1.81. The van der Waals surface area contributed by atoms with Gasteiger partial charge in [-0.05, 0) is 31.4 Å². The average molecular weight is 324 g/mol. The van der Waals surface area contributed by atoms with Gasteiger partial charge in [0.2, 0.25) is 10.0 Å². The molecule has 118 valence electrons. The molecule has 1 aromatic carbocycles. The number of benzene rings is 1. The second-order valence-electron chi connectivity index (χ2n) is 5.43. The lowest BCUT2D eigenvalue weighted by atomic mass is 9.98. The molecule has 3 rings (SSSR count). The summed E-state index contributed by atoms with van der Waals surface area (Å²) in [6.45, 7) is 2.31. The number of piperidine rings is 1. The molecule has 1 fully saturated rings. The van der Waals surface area contributed by atoms with Gasteiger partial charge in [0.25, 0.3) is 0 Å². The highest BCUT2D eigenvalue weighted by atomic mass is 32.2. The van der Waals surface area contributed by atoms with Crippen molar-refractivity contribution in [2.24, 2.45) is 0 Å². The molecule has 22 heavy (non-hydrogen) atoms. The summed E-state index contributed by atoms with van der Waals surface area (Å²) in [5.74, 6) is 0.243. The van der Waals surface area contributed by atoms with Crippen LogP contribution in [-0.2, 0) is 10.0 Å². The van der Waals surface area contributed by atoms with Gasteiger partial charge in [0.1, 0.15) is 22.9 Å². The maximum atomic E-state index is 14.0. The average Bonchev–Trinajstić information content (AvgIpc) is 3.01. The SMILES string of the molecule is Cc1cccc(F)c1S(=O)(=O)N1CCC(c2ncn[nH]2)CC1. The Bertz CT molecular complexity index is 733. The van der Waals surface area contributed by atoms with Crippen LogP contribution in [0.4, 0.5) is 4.39 Å². The van der Waals surface area contributed by atoms with Crippen LogP contribution in [0, 0.1) is 12.7 Å². The molecular formula is C14H17FN4O2S. The lowest BCUT2D eigenvalue weighted by molar-refractivity contribution is 0.312. The fourth-order valence-corrected chi connectivity index (χ4v) is 4.59. The van der Waals surface area contributed by atoms with Crippen molar-refractivity contribution in [2.75, 3.05) is 13.1 Å². The van der Waals surface area contributed by atoms with E-state index in [9.17, 15) is 12.8 Å². The Morgan fingerprint density at radius 3 is 2.64 bits per heavy atom. The summed E-state index contributed by atoms with van der Waals surface area (Å²) in [4.78, 5) is 3.90. The molecule has 1 aliphatic rings. The number of H-pyrrole nitrogens is 1. The zero-order valence-electron chi connectivity index (χ0n) is 12.2. The molecule has 1 N–H and O–H groups in total. The molecule has 0 bridgehead atoms. The molecule has 2 aromatic rings. The van der Waals surface area contributed by atoms with Gasteiger partial charge in [-0.2, -0.15) is 9.40 Å². The summed E-state index contributed by atoms with van der Waals surface area (Å²) in [7, 11) is -3.80. The summed E-state index contributed by atoms with van der Waals surface area (Å²) in [5, 5.41) is 6.64. The molecule has 2 heterocycles. The Morgan fingerprint density at radius 2 is 2.05 bits per heavy atom. The zero-order valence-corrected chi connectivity index (χ0v) is 13.0. The largest absolute Gasteiger partial charge is 0.263 e. The van der Waals surface area contributed by atoms with Gasteiger partial charge in [-0.15, -0.1) is 0 Å². The van der Waals surface area contributed by atoms with Gasteiger partial charge in [0, 0.05) is 19.0 Å². The first-order chi connectivity index (χ1) is 10.5. The Morgan fingerprint density at radius 1 is 1.32 bits per heavy atom. The normalized spacial score (nSPS) is 17.7. The monoisotopic (exact) mass is 324 g/mol. The van der Waals surface area contributed by atoms with Gasteiger partial charge in [-0.1, -0.05) is 12.1 Å². The van der Waals surface area contributed by atoms with Crippen molar-refractivity contribution in [3.05, 3.63) is 41.7 Å². The van der Waals surface area contributed by atoms with Crippen molar-refractivity contribution in [3.8, 4) is 0 Å². The van der Waals surface area contributed by atoms with E-state index in [0.717, 1.165) is 5.82 Å². The minimum Gasteiger partial charge on any atom is -0.263 e. The molecular weight excluding hydrogens is 307 g/mol. The molecule has 0 atom stereocenters. The Kier molecular flexibility index (Phi) is 3.96. The topological polar surface area (TPSA) is 79.0 Å². The van der Waals surface area contributed by atoms with E-state index in [-0.39, 0.29) is 10.8 Å². The second-order valence-corrected chi connectivity index (χ2v) is 7.31. The smallest absolute Gasteiger partial charge is 0.246 e. The van der Waals surface area contributed by atoms with E-state index < -0.39 is 15.8 Å². The molecule has 8 heteroatoms. The van der Waals surface area contributed by atoms with E-state index in [0.29, 0.717) is 31.5 Å². The number of nitrogens with zero attached hydrogens (tertiary/aromatic N) is 3. The van der Waals surface area contributed by atoms with E-state index in [1.54, 1.807) is 13.0 Å². The maximum absolute atomic E-state index is 14.0. The number of sulfonamides is 1. The van der Waals surface area contributed by atoms with Crippen LogP contribution in [0.1, 0.15) is 30.1 Å². The van der Waals surface area contributed by atoms with Crippen LogP contribution < -0.4 is 0 Å². The number of hydrogen-bond acceptors (Lipinski definition) is 4. The van der Waals surface area contributed by atoms with Crippen LogP contribution in [0.25, 0.3) is 0 Å². The number of aromatic nitrogens is 3. The standard InChI is InChI=1S/C14H17FN4O2S/c1-10-3-2-4-12(15)13(10)22(20,21)19-7-5-11(6-8-19)14-16-9-17-18-14/h2-4,9,11H,5-8H2,1H3,(H,16,17,18). The van der Waals surface area contributed by atoms with Crippen LogP contribution in [0.15, 0.2) is 29.4 Å². The third kappa shape index (κ3) is 2.64. The Hall–Kier alpha value is -1.80. The van der Waals surface area contributed by atoms with Gasteiger partial charge in [-0.25, -0.2) is 17.8 Å². The van der Waals surface area contributed by atoms with Crippen molar-refractivity contribution >= 4 is 10.0 Å². The van der Waals surface area contributed by atoms with Crippen LogP contribution in [-0.4, -0.2) is 41.0 Å². The van der Waals surface area contributed by atoms with Gasteiger partial charge < -0.3 is 0 Å². The first-order valence-electron chi connectivity index (χ1n) is 7.10. The van der Waals surface area contributed by atoms with Gasteiger partial charge >= 0.3 is 0 Å². The molecule has 0 radical (unpaired) electrons. The summed E-state index contributed by atoms with van der Waals surface area (Å²) >= 11 is 0. The highest BCUT2D eigenvalue weighted by molar-refractivity contribution is 7.89. The van der Waals surface area contributed by atoms with Crippen LogP contribution in [0.2, 0.25) is 0 Å². The van der Waals surface area contributed by atoms with Crippen molar-refractivity contribution in [2.45, 2.75) is 30.6 Å². The molecule has 0 saturated carbocycles. The number of rotatable bonds is 3. The quantitative estimate of drug-likeness (QED) is 0.934. The third-order valence-corrected chi connectivity index (χ3v) is 6.11. The van der Waals surface area contributed by atoms with E-state index in [1.807, 2.05) is 0 Å². The predicted octanol–water partition coefficient (Wildman–Crippen LogP) is 1.82. The van der Waals surface area contributed by atoms with E-state index in [2.05, 4.69) is 15.2 Å². The first kappa shape index (κ1) is 15.1. The number of aryl methyl sites for hydroxylation is 1. The zero-order chi connectivity index (χ0) is 15.7. The van der Waals surface area contributed by atoms with E-state index in [4.69, 9.17) is 0 Å². The number of nitrogens with one attached hydrogen (secondary N) is 1. The minimum absolute atomic E-state index is 0.163. The lowest BCUT2D eigenvalue weighted by Crippen LogP contribution is -2.38. The molecule has 0 amide bonds. The van der Waals surface area contributed by atoms with Crippen LogP contribution >= 0.6 is 0 Å². The molecule has 1 saturated heterocycles. The predicted molar refractivity (Wildman–Crippen MR) is 78.3 cm³/mol. The van der Waals surface area contributed by atoms with Crippen molar-refractivity contribution in [1.82, 2.24) is 19.5 Å². The van der Waals surface area contributed by atoms with Gasteiger partial charge in [0.15, 0.2) is 0 Å². The molecule has 1 aliphatic heterocycles. The highest BCUT2D eigenvalue weighted by Gasteiger charge is 2.33. The van der Waals surface area contributed by atoms with Gasteiger partial charge in [-0.3, -0.25) is 5.10 Å². The second kappa shape index (κ2) is 5.77. The summed E-state index contributed by atoms with van der Waals surface area (Å²) in [6, 6.07) is 4.30. The van der Waals surface area contributed by atoms with Crippen molar-refractivity contribution < 1.29 is 12.8 Å². The third-order valence-electron chi connectivity index (χ3n) is 4.04. The highest BCUT2D eigenvalue weighted by Crippen LogP contribution is 2.30. The number of aromatic amines is 1. The summed E-state index contributed by atoms with van der Waals surface area (Å²) < 4.78 is 40.7. The van der Waals surface area contributed by atoms with Crippen LogP contribution in [0.3, 0.4) is 0 Å². The fourth-order valence-electron chi connectivity index (χ4n) is 2.85. The van der Waals surface area contributed by atoms with Crippen molar-refractivity contribution in [1.29, 1.82) is 0 Å². The van der Waals surface area contributed by atoms with E-state index in [1.165, 1.54) is 22.8 Å². The summed E-state index contributed by atoms with van der Waals surface area (Å²) in [6.07, 6.45) is 2.73. The van der Waals surface area contributed by atoms with Crippen LogP contribution in [0.5, 0.6) is 0 Å². The minimum atomic E-state index is -3.80. The Labute approximate surface area is 128 Å². The first-order valence-corrected chi connectivity index (χ1v) is 8.54. The molecule has 0 unspecified atom stereocenters. The van der Waals surface area contributed by atoms with Gasteiger partial charge in [0.05, 0.1) is 0 Å². The number of hydrogen-bond donors (Lipinski definition) is 1. The van der Waals surface area contributed by atoms with Crippen molar-refractivity contribution in [3.63, 3.8) is 0 Å². The summed E-state index contributed by atoms with van der Waals surface area (Å²) in [5.41, 5.74) is 0.428. The molecule has 0 aliphatic carbocycles.